The Morgan fingerprint density at radius 2 is 1.56 bits per heavy atom. The molecule has 0 spiro atoms. The molecule has 4 aliphatic carbocycles. The molecule has 3 nitrogen and oxygen atoms in total. The van der Waals surface area contributed by atoms with Gasteiger partial charge in [-0.25, -0.2) is 0 Å². The number of carbonyl (C=O) groups is 1. The molecule has 4 bridgehead atoms. The van der Waals surface area contributed by atoms with Crippen molar-refractivity contribution >= 4 is 5.97 Å². The second-order valence-electron chi connectivity index (χ2n) is 7.74. The van der Waals surface area contributed by atoms with E-state index in [1.807, 2.05) is 0 Å². The van der Waals surface area contributed by atoms with Crippen LogP contribution in [0.3, 0.4) is 0 Å². The Balaban J connectivity index is 1.93. The Kier molecular flexibility index (Phi) is 2.58. The van der Waals surface area contributed by atoms with Gasteiger partial charge < -0.3 is 10.8 Å². The van der Waals surface area contributed by atoms with Crippen LogP contribution in [0.5, 0.6) is 0 Å². The van der Waals surface area contributed by atoms with Crippen molar-refractivity contribution in [2.75, 3.05) is 0 Å². The molecule has 4 aliphatic rings. The zero-order valence-corrected chi connectivity index (χ0v) is 11.5. The first-order chi connectivity index (χ1) is 8.34. The number of aliphatic carboxylic acids is 1. The third-order valence-corrected chi connectivity index (χ3v) is 6.45. The minimum Gasteiger partial charge on any atom is -0.480 e. The van der Waals surface area contributed by atoms with Crippen LogP contribution in [0.25, 0.3) is 0 Å². The van der Waals surface area contributed by atoms with Crippen LogP contribution >= 0.6 is 0 Å². The maximum atomic E-state index is 11.3. The summed E-state index contributed by atoms with van der Waals surface area (Å²) >= 11 is 0. The number of hydrogen-bond donors (Lipinski definition) is 2. The number of nitrogens with two attached hydrogens (primary N) is 1. The van der Waals surface area contributed by atoms with Crippen molar-refractivity contribution in [1.29, 1.82) is 0 Å². The van der Waals surface area contributed by atoms with E-state index in [2.05, 4.69) is 13.8 Å². The molecule has 102 valence electrons. The summed E-state index contributed by atoms with van der Waals surface area (Å²) in [6.45, 7) is 4.19. The van der Waals surface area contributed by atoms with Crippen molar-refractivity contribution in [1.82, 2.24) is 0 Å². The van der Waals surface area contributed by atoms with Gasteiger partial charge in [0.1, 0.15) is 6.04 Å². The molecule has 1 atom stereocenters. The van der Waals surface area contributed by atoms with Crippen LogP contribution in [0.1, 0.15) is 52.4 Å². The zero-order chi connectivity index (χ0) is 13.1. The minimum atomic E-state index is -0.837. The quantitative estimate of drug-likeness (QED) is 0.810. The predicted octanol–water partition coefficient (Wildman–Crippen LogP) is 2.64. The van der Waals surface area contributed by atoms with Crippen molar-refractivity contribution in [2.24, 2.45) is 34.3 Å². The number of carboxylic acids is 1. The molecule has 3 heteroatoms. The third kappa shape index (κ3) is 1.56. The van der Waals surface area contributed by atoms with Gasteiger partial charge >= 0.3 is 5.97 Å². The average Bonchev–Trinajstić information content (AvgIpc) is 2.25. The highest BCUT2D eigenvalue weighted by molar-refractivity contribution is 5.74. The smallest absolute Gasteiger partial charge is 0.321 e. The molecule has 0 aromatic rings. The fourth-order valence-electron chi connectivity index (χ4n) is 5.54. The largest absolute Gasteiger partial charge is 0.480 e. The maximum Gasteiger partial charge on any atom is 0.321 e. The molecule has 4 fully saturated rings. The molecule has 3 N–H and O–H groups in total. The number of rotatable bonds is 3. The van der Waals surface area contributed by atoms with Crippen LogP contribution in [-0.4, -0.2) is 17.1 Å². The highest BCUT2D eigenvalue weighted by Crippen LogP contribution is 2.66. The van der Waals surface area contributed by atoms with E-state index in [0.29, 0.717) is 0 Å². The monoisotopic (exact) mass is 251 g/mol. The molecule has 1 unspecified atom stereocenters. The fraction of sp³-hybridized carbons (Fsp3) is 0.933. The van der Waals surface area contributed by atoms with Crippen LogP contribution in [0.2, 0.25) is 0 Å². The van der Waals surface area contributed by atoms with Crippen LogP contribution in [0.4, 0.5) is 0 Å². The molecule has 0 aromatic heterocycles. The maximum absolute atomic E-state index is 11.3. The van der Waals surface area contributed by atoms with Gasteiger partial charge in [-0.3, -0.25) is 4.79 Å². The first-order valence-electron chi connectivity index (χ1n) is 7.32. The summed E-state index contributed by atoms with van der Waals surface area (Å²) in [4.78, 5) is 11.3. The SMILES string of the molecule is CC(C)(C(N)C(=O)O)C12CC3CC(CC(C3)C1)C2. The van der Waals surface area contributed by atoms with E-state index in [-0.39, 0.29) is 10.8 Å². The summed E-state index contributed by atoms with van der Waals surface area (Å²) in [5.74, 6) is 1.69. The summed E-state index contributed by atoms with van der Waals surface area (Å²) in [6.07, 6.45) is 7.81. The molecular weight excluding hydrogens is 226 g/mol. The predicted molar refractivity (Wildman–Crippen MR) is 70.0 cm³/mol. The normalized spacial score (nSPS) is 44.1. The highest BCUT2D eigenvalue weighted by Gasteiger charge is 2.59. The minimum absolute atomic E-state index is 0.194. The van der Waals surface area contributed by atoms with Gasteiger partial charge in [-0.05, 0) is 67.1 Å². The Hall–Kier alpha value is -0.570. The molecule has 4 rings (SSSR count). The van der Waals surface area contributed by atoms with Crippen molar-refractivity contribution in [3.8, 4) is 0 Å². The van der Waals surface area contributed by atoms with Gasteiger partial charge in [-0.1, -0.05) is 13.8 Å². The lowest BCUT2D eigenvalue weighted by Crippen LogP contribution is -2.60. The van der Waals surface area contributed by atoms with Crippen LogP contribution < -0.4 is 5.73 Å². The Labute approximate surface area is 109 Å². The van der Waals surface area contributed by atoms with Gasteiger partial charge in [0.05, 0.1) is 0 Å². The van der Waals surface area contributed by atoms with E-state index in [4.69, 9.17) is 5.73 Å². The molecule has 0 heterocycles. The van der Waals surface area contributed by atoms with E-state index in [0.717, 1.165) is 17.8 Å². The molecule has 0 aromatic carbocycles. The van der Waals surface area contributed by atoms with Crippen molar-refractivity contribution in [3.05, 3.63) is 0 Å². The van der Waals surface area contributed by atoms with Gasteiger partial charge in [-0.15, -0.1) is 0 Å². The Bertz CT molecular complexity index is 339. The fourth-order valence-corrected chi connectivity index (χ4v) is 5.54. The van der Waals surface area contributed by atoms with Crippen LogP contribution in [-0.2, 0) is 4.79 Å². The molecular formula is C15H25NO2. The van der Waals surface area contributed by atoms with Gasteiger partial charge in [0.15, 0.2) is 0 Å². The van der Waals surface area contributed by atoms with E-state index < -0.39 is 12.0 Å². The summed E-state index contributed by atoms with van der Waals surface area (Å²) < 4.78 is 0. The number of carboxylic acid groups (broad SMARTS) is 1. The zero-order valence-electron chi connectivity index (χ0n) is 11.5. The second kappa shape index (κ2) is 3.72. The lowest BCUT2D eigenvalue weighted by Gasteiger charge is -2.63. The topological polar surface area (TPSA) is 63.3 Å². The van der Waals surface area contributed by atoms with Crippen molar-refractivity contribution in [3.63, 3.8) is 0 Å². The summed E-state index contributed by atoms with van der Waals surface area (Å²) in [5.41, 5.74) is 5.93. The average molecular weight is 251 g/mol. The van der Waals surface area contributed by atoms with E-state index in [1.165, 1.54) is 38.5 Å². The third-order valence-electron chi connectivity index (χ3n) is 6.45. The first-order valence-corrected chi connectivity index (χ1v) is 7.32. The molecule has 0 amide bonds. The number of hydrogen-bond acceptors (Lipinski definition) is 2. The highest BCUT2D eigenvalue weighted by atomic mass is 16.4. The van der Waals surface area contributed by atoms with Gasteiger partial charge in [0, 0.05) is 0 Å². The van der Waals surface area contributed by atoms with Crippen LogP contribution in [0.15, 0.2) is 0 Å². The lowest BCUT2D eigenvalue weighted by molar-refractivity contribution is -0.157. The first kappa shape index (κ1) is 12.5. The van der Waals surface area contributed by atoms with Gasteiger partial charge in [0.25, 0.3) is 0 Å². The molecule has 0 aliphatic heterocycles. The van der Waals surface area contributed by atoms with Gasteiger partial charge in [-0.2, -0.15) is 0 Å². The standard InChI is InChI=1S/C15H25NO2/c1-14(2,12(16)13(17)18)15-6-9-3-10(7-15)5-11(4-9)8-15/h9-12H,3-8,16H2,1-2H3,(H,17,18). The molecule has 0 saturated heterocycles. The summed E-state index contributed by atoms with van der Waals surface area (Å²) in [5, 5.41) is 9.29. The van der Waals surface area contributed by atoms with Gasteiger partial charge in [0.2, 0.25) is 0 Å². The second-order valence-corrected chi connectivity index (χ2v) is 7.74. The van der Waals surface area contributed by atoms with E-state index in [1.54, 1.807) is 0 Å². The van der Waals surface area contributed by atoms with Crippen molar-refractivity contribution < 1.29 is 9.90 Å². The molecule has 0 radical (unpaired) electrons. The Morgan fingerprint density at radius 3 is 1.89 bits per heavy atom. The van der Waals surface area contributed by atoms with E-state index in [9.17, 15) is 9.90 Å². The van der Waals surface area contributed by atoms with Crippen molar-refractivity contribution in [2.45, 2.75) is 58.4 Å². The molecule has 18 heavy (non-hydrogen) atoms. The molecule has 4 saturated carbocycles. The summed E-state index contributed by atoms with van der Waals surface area (Å²) in [7, 11) is 0. The Morgan fingerprint density at radius 1 is 1.17 bits per heavy atom. The lowest BCUT2D eigenvalue weighted by atomic mass is 9.42. The summed E-state index contributed by atoms with van der Waals surface area (Å²) in [6, 6.07) is -0.728. The van der Waals surface area contributed by atoms with E-state index >= 15 is 0 Å². The van der Waals surface area contributed by atoms with Crippen LogP contribution in [0, 0.1) is 28.6 Å².